The normalized spacial score (nSPS) is 18.0. The first-order valence-corrected chi connectivity index (χ1v) is 7.93. The molecule has 0 amide bonds. The Kier molecular flexibility index (Phi) is 5.62. The summed E-state index contributed by atoms with van der Waals surface area (Å²) in [5.41, 5.74) is 4.13. The molecule has 1 aromatic rings. The highest BCUT2D eigenvalue weighted by molar-refractivity contribution is 6.01. The number of aliphatic imine (C=N–C) groups is 1. The second kappa shape index (κ2) is 7.47. The molecule has 2 rings (SSSR count). The van der Waals surface area contributed by atoms with Crippen LogP contribution in [0, 0.1) is 0 Å². The second-order valence-electron chi connectivity index (χ2n) is 5.77. The van der Waals surface area contributed by atoms with Gasteiger partial charge in [0.25, 0.3) is 0 Å². The summed E-state index contributed by atoms with van der Waals surface area (Å²) < 4.78 is 0. The first-order valence-electron chi connectivity index (χ1n) is 7.93. The molecule has 104 valence electrons. The third-order valence-corrected chi connectivity index (χ3v) is 4.25. The molecule has 0 aliphatic carbocycles. The van der Waals surface area contributed by atoms with Gasteiger partial charge in [0.2, 0.25) is 0 Å². The maximum atomic E-state index is 4.70. The summed E-state index contributed by atoms with van der Waals surface area (Å²) in [7, 11) is 0. The summed E-state index contributed by atoms with van der Waals surface area (Å²) >= 11 is 0. The lowest BCUT2D eigenvalue weighted by molar-refractivity contribution is 0.540. The van der Waals surface area contributed by atoms with Crippen molar-refractivity contribution in [3.63, 3.8) is 0 Å². The smallest absolute Gasteiger partial charge is 0.0461 e. The molecule has 1 nitrogen and oxygen atoms in total. The number of nitrogens with zero attached hydrogens (tertiary/aromatic N) is 1. The molecule has 1 unspecified atom stereocenters. The van der Waals surface area contributed by atoms with Gasteiger partial charge in [0.05, 0.1) is 0 Å². The van der Waals surface area contributed by atoms with E-state index in [2.05, 4.69) is 38.1 Å². The largest absolute Gasteiger partial charge is 0.289 e. The molecule has 0 radical (unpaired) electrons. The van der Waals surface area contributed by atoms with E-state index in [-0.39, 0.29) is 0 Å². The van der Waals surface area contributed by atoms with E-state index < -0.39 is 0 Å². The minimum Gasteiger partial charge on any atom is -0.289 e. The van der Waals surface area contributed by atoms with Crippen molar-refractivity contribution in [2.24, 2.45) is 4.99 Å². The lowest BCUT2D eigenvalue weighted by Gasteiger charge is -2.23. The number of hydrogen-bond acceptors (Lipinski definition) is 1. The zero-order valence-corrected chi connectivity index (χ0v) is 12.5. The minimum absolute atomic E-state index is 0.658. The zero-order valence-electron chi connectivity index (χ0n) is 12.5. The van der Waals surface area contributed by atoms with Crippen LogP contribution >= 0.6 is 0 Å². The lowest BCUT2D eigenvalue weighted by atomic mass is 9.86. The van der Waals surface area contributed by atoms with Crippen LogP contribution in [0.1, 0.15) is 75.8 Å². The van der Waals surface area contributed by atoms with Crippen molar-refractivity contribution in [2.75, 3.05) is 6.54 Å². The van der Waals surface area contributed by atoms with Gasteiger partial charge in [-0.05, 0) is 24.5 Å². The standard InChI is InChI=1S/C18H27N/c1-3-4-5-6-7-8-11-16-14-19-15(2)17-12-9-10-13-18(16)17/h9-10,12-13,16H,3-8,11,14H2,1-2H3. The maximum Gasteiger partial charge on any atom is 0.0461 e. The van der Waals surface area contributed by atoms with Crippen LogP contribution in [0.2, 0.25) is 0 Å². The first kappa shape index (κ1) is 14.3. The van der Waals surface area contributed by atoms with Crippen LogP contribution in [0.15, 0.2) is 29.3 Å². The van der Waals surface area contributed by atoms with Crippen molar-refractivity contribution in [3.8, 4) is 0 Å². The molecule has 0 bridgehead atoms. The highest BCUT2D eigenvalue weighted by Gasteiger charge is 2.19. The topological polar surface area (TPSA) is 12.4 Å². The van der Waals surface area contributed by atoms with E-state index in [0.717, 1.165) is 6.54 Å². The van der Waals surface area contributed by atoms with Crippen molar-refractivity contribution < 1.29 is 0 Å². The zero-order chi connectivity index (χ0) is 13.5. The summed E-state index contributed by atoms with van der Waals surface area (Å²) in [4.78, 5) is 4.70. The Morgan fingerprint density at radius 2 is 1.79 bits per heavy atom. The molecule has 1 aliphatic heterocycles. The Balaban J connectivity index is 1.82. The fourth-order valence-electron chi connectivity index (χ4n) is 3.03. The van der Waals surface area contributed by atoms with Crippen molar-refractivity contribution in [3.05, 3.63) is 35.4 Å². The minimum atomic E-state index is 0.658. The van der Waals surface area contributed by atoms with Gasteiger partial charge in [0.15, 0.2) is 0 Å². The Morgan fingerprint density at radius 3 is 2.63 bits per heavy atom. The molecule has 19 heavy (non-hydrogen) atoms. The number of rotatable bonds is 7. The molecule has 1 heterocycles. The molecule has 1 atom stereocenters. The average Bonchev–Trinajstić information content (AvgIpc) is 2.45. The van der Waals surface area contributed by atoms with Crippen LogP contribution in [-0.4, -0.2) is 12.3 Å². The highest BCUT2D eigenvalue weighted by atomic mass is 14.8. The van der Waals surface area contributed by atoms with Crippen molar-refractivity contribution in [2.45, 2.75) is 64.7 Å². The van der Waals surface area contributed by atoms with E-state index in [1.54, 1.807) is 0 Å². The molecule has 0 spiro atoms. The van der Waals surface area contributed by atoms with Crippen molar-refractivity contribution >= 4 is 5.71 Å². The fourth-order valence-corrected chi connectivity index (χ4v) is 3.03. The molecule has 0 N–H and O–H groups in total. The van der Waals surface area contributed by atoms with Crippen LogP contribution in [-0.2, 0) is 0 Å². The first-order chi connectivity index (χ1) is 9.33. The second-order valence-corrected chi connectivity index (χ2v) is 5.77. The average molecular weight is 257 g/mol. The van der Waals surface area contributed by atoms with E-state index in [1.165, 1.54) is 61.8 Å². The van der Waals surface area contributed by atoms with Crippen LogP contribution in [0.3, 0.4) is 0 Å². The van der Waals surface area contributed by atoms with E-state index >= 15 is 0 Å². The Bertz CT molecular complexity index is 419. The summed E-state index contributed by atoms with van der Waals surface area (Å²) in [6.07, 6.45) is 9.61. The molecule has 0 saturated carbocycles. The van der Waals surface area contributed by atoms with Crippen LogP contribution in [0.4, 0.5) is 0 Å². The van der Waals surface area contributed by atoms with Gasteiger partial charge in [-0.1, -0.05) is 69.7 Å². The van der Waals surface area contributed by atoms with Crippen molar-refractivity contribution in [1.29, 1.82) is 0 Å². The lowest BCUT2D eigenvalue weighted by Crippen LogP contribution is -2.15. The summed E-state index contributed by atoms with van der Waals surface area (Å²) in [6, 6.07) is 8.83. The molecular formula is C18H27N. The molecule has 1 aliphatic rings. The van der Waals surface area contributed by atoms with E-state index in [0.29, 0.717) is 5.92 Å². The van der Waals surface area contributed by atoms with Crippen molar-refractivity contribution in [1.82, 2.24) is 0 Å². The van der Waals surface area contributed by atoms with Gasteiger partial charge in [-0.15, -0.1) is 0 Å². The fraction of sp³-hybridized carbons (Fsp3) is 0.611. The molecule has 0 fully saturated rings. The van der Waals surface area contributed by atoms with E-state index in [9.17, 15) is 0 Å². The van der Waals surface area contributed by atoms with Crippen LogP contribution in [0.25, 0.3) is 0 Å². The Hall–Kier alpha value is -1.11. The van der Waals surface area contributed by atoms with E-state index in [4.69, 9.17) is 4.99 Å². The number of hydrogen-bond donors (Lipinski definition) is 0. The third-order valence-electron chi connectivity index (χ3n) is 4.25. The van der Waals surface area contributed by atoms with Gasteiger partial charge in [-0.3, -0.25) is 4.99 Å². The Morgan fingerprint density at radius 1 is 1.05 bits per heavy atom. The van der Waals surface area contributed by atoms with Crippen LogP contribution in [0.5, 0.6) is 0 Å². The number of benzene rings is 1. The monoisotopic (exact) mass is 257 g/mol. The summed E-state index contributed by atoms with van der Waals surface area (Å²) in [6.45, 7) is 5.41. The summed E-state index contributed by atoms with van der Waals surface area (Å²) in [5, 5.41) is 0. The van der Waals surface area contributed by atoms with Gasteiger partial charge in [-0.2, -0.15) is 0 Å². The summed E-state index contributed by atoms with van der Waals surface area (Å²) in [5.74, 6) is 0.658. The van der Waals surface area contributed by atoms with Gasteiger partial charge >= 0.3 is 0 Å². The molecule has 1 aromatic carbocycles. The highest BCUT2D eigenvalue weighted by Crippen LogP contribution is 2.30. The SMILES string of the molecule is CCCCCCCCC1CN=C(C)c2ccccc21. The maximum absolute atomic E-state index is 4.70. The van der Waals surface area contributed by atoms with Crippen LogP contribution < -0.4 is 0 Å². The Labute approximate surface area is 118 Å². The predicted octanol–water partition coefficient (Wildman–Crippen LogP) is 5.34. The molecule has 0 saturated heterocycles. The third kappa shape index (κ3) is 3.92. The molecular weight excluding hydrogens is 230 g/mol. The van der Waals surface area contributed by atoms with Gasteiger partial charge in [-0.25, -0.2) is 0 Å². The predicted molar refractivity (Wildman–Crippen MR) is 84.3 cm³/mol. The number of fused-ring (bicyclic) bond motifs is 1. The van der Waals surface area contributed by atoms with Gasteiger partial charge in [0.1, 0.15) is 0 Å². The quantitative estimate of drug-likeness (QED) is 0.584. The van der Waals surface area contributed by atoms with Gasteiger partial charge in [0, 0.05) is 18.2 Å². The molecule has 0 aromatic heterocycles. The van der Waals surface area contributed by atoms with Gasteiger partial charge < -0.3 is 0 Å². The molecule has 1 heteroatoms. The van der Waals surface area contributed by atoms with E-state index in [1.807, 2.05) is 0 Å². The number of unbranched alkanes of at least 4 members (excludes halogenated alkanes) is 5.